The molecule has 0 saturated carbocycles. The molecule has 0 atom stereocenters. The molecule has 4 heteroatoms. The second kappa shape index (κ2) is 3.80. The van der Waals surface area contributed by atoms with E-state index in [9.17, 15) is 9.90 Å². The average molecular weight is 167 g/mol. The first kappa shape index (κ1) is 8.64. The van der Waals surface area contributed by atoms with Gasteiger partial charge in [0.15, 0.2) is 5.75 Å². The molecule has 1 heterocycles. The average Bonchev–Trinajstić information content (AvgIpc) is 2.47. The zero-order valence-electron chi connectivity index (χ0n) is 6.89. The highest BCUT2D eigenvalue weighted by Gasteiger charge is 2.06. The molecule has 0 saturated heterocycles. The Morgan fingerprint density at radius 2 is 2.42 bits per heavy atom. The number of rotatable bonds is 3. The molecule has 0 aliphatic carbocycles. The van der Waals surface area contributed by atoms with E-state index in [-0.39, 0.29) is 11.7 Å². The molecule has 2 N–H and O–H groups in total. The molecular weight excluding hydrogens is 156 g/mol. The van der Waals surface area contributed by atoms with Gasteiger partial charge in [-0.25, -0.2) is 0 Å². The molecule has 0 aromatic carbocycles. The van der Waals surface area contributed by atoms with E-state index in [1.54, 1.807) is 0 Å². The molecule has 1 aromatic rings. The first-order valence-corrected chi connectivity index (χ1v) is 3.87. The van der Waals surface area contributed by atoms with Crippen LogP contribution in [0.4, 0.5) is 0 Å². The molecule has 0 aliphatic heterocycles. The molecule has 1 rings (SSSR count). The van der Waals surface area contributed by atoms with Crippen LogP contribution in [-0.2, 0) is 5.11 Å². The molecule has 0 fully saturated rings. The first-order valence-electron chi connectivity index (χ1n) is 3.87. The quantitative estimate of drug-likeness (QED) is 0.700. The van der Waals surface area contributed by atoms with E-state index in [0.717, 1.165) is 6.42 Å². The number of aromatic amines is 1. The van der Waals surface area contributed by atoms with Crippen molar-refractivity contribution in [3.8, 4) is 5.75 Å². The van der Waals surface area contributed by atoms with Crippen LogP contribution in [0.2, 0.25) is 0 Å². The van der Waals surface area contributed by atoms with E-state index in [2.05, 4.69) is 10.3 Å². The maximum atomic E-state index is 11.1. The highest BCUT2D eigenvalue weighted by molar-refractivity contribution is 5.92. The van der Waals surface area contributed by atoms with Crippen molar-refractivity contribution in [1.29, 1.82) is 0 Å². The van der Waals surface area contributed by atoms with Crippen molar-refractivity contribution in [2.45, 2.75) is 13.3 Å². The number of amides is 1. The summed E-state index contributed by atoms with van der Waals surface area (Å²) in [6.07, 6.45) is 2.15. The van der Waals surface area contributed by atoms with E-state index in [1.807, 2.05) is 6.92 Å². The summed E-state index contributed by atoms with van der Waals surface area (Å²) in [4.78, 5) is 13.7. The monoisotopic (exact) mass is 167 g/mol. The molecule has 0 unspecified atom stereocenters. The van der Waals surface area contributed by atoms with Crippen molar-refractivity contribution in [3.63, 3.8) is 0 Å². The number of carbonyl (C=O) groups is 1. The van der Waals surface area contributed by atoms with Crippen molar-refractivity contribution in [1.82, 2.24) is 10.3 Å². The lowest BCUT2D eigenvalue weighted by Crippen LogP contribution is -2.24. The maximum Gasteiger partial charge on any atom is 0.267 e. The minimum atomic E-state index is -0.223. The van der Waals surface area contributed by atoms with Gasteiger partial charge in [0, 0.05) is 18.8 Å². The number of H-pyrrole nitrogens is 1. The summed E-state index contributed by atoms with van der Waals surface area (Å²) in [6.45, 7) is 2.60. The van der Waals surface area contributed by atoms with Gasteiger partial charge in [0.05, 0.1) is 0 Å². The fourth-order valence-electron chi connectivity index (χ4n) is 0.839. The van der Waals surface area contributed by atoms with Crippen LogP contribution in [0.1, 0.15) is 23.8 Å². The van der Waals surface area contributed by atoms with Gasteiger partial charge >= 0.3 is 0 Å². The van der Waals surface area contributed by atoms with Crippen molar-refractivity contribution >= 4 is 5.91 Å². The summed E-state index contributed by atoms with van der Waals surface area (Å²) in [5.41, 5.74) is 0.327. The third kappa shape index (κ3) is 2.02. The number of carbonyl (C=O) groups excluding carboxylic acids is 1. The Balaban J connectivity index is 2.53. The number of aromatic nitrogens is 1. The lowest BCUT2D eigenvalue weighted by atomic mass is 10.4. The number of hydrogen-bond donors (Lipinski definition) is 2. The Bertz CT molecular complexity index is 268. The van der Waals surface area contributed by atoms with Gasteiger partial charge in [0.2, 0.25) is 0 Å². The lowest BCUT2D eigenvalue weighted by molar-refractivity contribution is 0.0949. The van der Waals surface area contributed by atoms with Gasteiger partial charge in [-0.2, -0.15) is 0 Å². The molecule has 0 aliphatic rings. The van der Waals surface area contributed by atoms with Crippen LogP contribution in [0, 0.1) is 0 Å². The predicted octanol–water partition coefficient (Wildman–Crippen LogP) is 1.30. The first-order chi connectivity index (χ1) is 5.74. The van der Waals surface area contributed by atoms with Crippen molar-refractivity contribution in [3.05, 3.63) is 18.0 Å². The second-order valence-corrected chi connectivity index (χ2v) is 2.50. The Hall–Kier alpha value is -1.45. The van der Waals surface area contributed by atoms with Crippen molar-refractivity contribution < 1.29 is 9.90 Å². The molecule has 1 amide bonds. The van der Waals surface area contributed by atoms with E-state index in [0.29, 0.717) is 12.2 Å². The van der Waals surface area contributed by atoms with Crippen LogP contribution < -0.4 is 5.32 Å². The summed E-state index contributed by atoms with van der Waals surface area (Å²) in [6, 6.07) is 1.28. The molecule has 65 valence electrons. The van der Waals surface area contributed by atoms with Crippen LogP contribution >= 0.6 is 0 Å². The van der Waals surface area contributed by atoms with Crippen molar-refractivity contribution in [2.24, 2.45) is 0 Å². The van der Waals surface area contributed by atoms with E-state index in [1.165, 1.54) is 12.3 Å². The largest absolute Gasteiger partial charge is 0.354 e. The molecule has 1 radical (unpaired) electrons. The summed E-state index contributed by atoms with van der Waals surface area (Å²) in [5.74, 6) is -0.393. The molecule has 0 bridgehead atoms. The molecule has 1 aromatic heterocycles. The van der Waals surface area contributed by atoms with Gasteiger partial charge in [-0.3, -0.25) is 9.90 Å². The smallest absolute Gasteiger partial charge is 0.267 e. The SMILES string of the molecule is CCCNC(=O)c1cc([O])c[nH]1. The summed E-state index contributed by atoms with van der Waals surface area (Å²) < 4.78 is 0. The minimum absolute atomic E-state index is 0.170. The molecule has 12 heavy (non-hydrogen) atoms. The third-order valence-electron chi connectivity index (χ3n) is 1.44. The van der Waals surface area contributed by atoms with Crippen molar-refractivity contribution in [2.75, 3.05) is 6.54 Å². The van der Waals surface area contributed by atoms with Crippen LogP contribution in [0.25, 0.3) is 0 Å². The molecule has 0 spiro atoms. The highest BCUT2D eigenvalue weighted by atomic mass is 16.3. The van der Waals surface area contributed by atoms with Gasteiger partial charge < -0.3 is 10.3 Å². The minimum Gasteiger partial charge on any atom is -0.354 e. The summed E-state index contributed by atoms with van der Waals surface area (Å²) in [7, 11) is 0. The second-order valence-electron chi connectivity index (χ2n) is 2.50. The van der Waals surface area contributed by atoms with E-state index < -0.39 is 0 Å². The predicted molar refractivity (Wildman–Crippen MR) is 43.5 cm³/mol. The van der Waals surface area contributed by atoms with E-state index >= 15 is 0 Å². The number of hydrogen-bond acceptors (Lipinski definition) is 1. The fraction of sp³-hybridized carbons (Fsp3) is 0.375. The number of nitrogens with one attached hydrogen (secondary N) is 2. The normalized spacial score (nSPS) is 9.75. The fourth-order valence-corrected chi connectivity index (χ4v) is 0.839. The van der Waals surface area contributed by atoms with Gasteiger partial charge in [0.1, 0.15) is 5.69 Å². The van der Waals surface area contributed by atoms with E-state index in [4.69, 9.17) is 0 Å². The third-order valence-corrected chi connectivity index (χ3v) is 1.44. The van der Waals surface area contributed by atoms with Gasteiger partial charge in [-0.1, -0.05) is 6.92 Å². The van der Waals surface area contributed by atoms with Crippen LogP contribution in [0.15, 0.2) is 12.3 Å². The lowest BCUT2D eigenvalue weighted by Gasteiger charge is -1.99. The van der Waals surface area contributed by atoms with Gasteiger partial charge in [-0.15, -0.1) is 0 Å². The standard InChI is InChI=1S/C8H11N2O2/c1-2-3-9-8(12)7-4-6(11)5-10-7/h4-5,10H,2-3H2,1H3,(H,9,12). The zero-order valence-corrected chi connectivity index (χ0v) is 6.89. The van der Waals surface area contributed by atoms with Gasteiger partial charge in [0.25, 0.3) is 5.91 Å². The Morgan fingerprint density at radius 1 is 1.67 bits per heavy atom. The summed E-state index contributed by atoms with van der Waals surface area (Å²) >= 11 is 0. The highest BCUT2D eigenvalue weighted by Crippen LogP contribution is 2.09. The zero-order chi connectivity index (χ0) is 8.97. The Kier molecular flexibility index (Phi) is 2.74. The molecule has 4 nitrogen and oxygen atoms in total. The van der Waals surface area contributed by atoms with Crippen LogP contribution in [0.3, 0.4) is 0 Å². The molecular formula is C8H11N2O2. The topological polar surface area (TPSA) is 64.8 Å². The van der Waals surface area contributed by atoms with Crippen LogP contribution in [0.5, 0.6) is 5.75 Å². The maximum absolute atomic E-state index is 11.1. The van der Waals surface area contributed by atoms with Crippen LogP contribution in [-0.4, -0.2) is 17.4 Å². The Labute approximate surface area is 70.6 Å². The summed E-state index contributed by atoms with van der Waals surface area (Å²) in [5, 5.41) is 13.3. The Morgan fingerprint density at radius 3 is 2.92 bits per heavy atom. The van der Waals surface area contributed by atoms with Gasteiger partial charge in [-0.05, 0) is 6.42 Å².